The first-order valence-corrected chi connectivity index (χ1v) is 8.50. The minimum atomic E-state index is -4.53. The topological polar surface area (TPSA) is 61.8 Å². The van der Waals surface area contributed by atoms with Crippen LogP contribution in [0.4, 0.5) is 13.2 Å². The van der Waals surface area contributed by atoms with E-state index in [1.807, 2.05) is 0 Å². The number of ether oxygens (including phenoxy) is 3. The van der Waals surface area contributed by atoms with Gasteiger partial charge in [0.05, 0.1) is 22.8 Å². The van der Waals surface area contributed by atoms with Gasteiger partial charge in [-0.15, -0.1) is 0 Å². The maximum Gasteiger partial charge on any atom is 0.416 e. The van der Waals surface area contributed by atoms with Crippen molar-refractivity contribution in [1.29, 1.82) is 0 Å². The number of hydrogen-bond donors (Lipinski definition) is 0. The van der Waals surface area contributed by atoms with Crippen LogP contribution in [0.5, 0.6) is 17.2 Å². The van der Waals surface area contributed by atoms with Gasteiger partial charge < -0.3 is 14.2 Å². The lowest BCUT2D eigenvalue weighted by molar-refractivity contribution is -0.150. The van der Waals surface area contributed by atoms with Crippen LogP contribution >= 0.6 is 11.6 Å². The first-order valence-electron chi connectivity index (χ1n) is 8.12. The number of benzene rings is 2. The number of halogens is 4. The third-order valence-corrected chi connectivity index (χ3v) is 3.82. The maximum atomic E-state index is 12.7. The summed E-state index contributed by atoms with van der Waals surface area (Å²) in [5.74, 6) is -0.427. The van der Waals surface area contributed by atoms with Gasteiger partial charge in [0.1, 0.15) is 17.2 Å². The molecule has 0 aromatic heterocycles. The SMILES string of the molecule is CCOC(=O)C(C)Oc1cc(Oc2ccc(C(F)(F)F)cc2Cl)ccc1C=O. The van der Waals surface area contributed by atoms with Crippen LogP contribution < -0.4 is 9.47 Å². The van der Waals surface area contributed by atoms with Gasteiger partial charge >= 0.3 is 12.1 Å². The second-order valence-electron chi connectivity index (χ2n) is 5.57. The van der Waals surface area contributed by atoms with Crippen LogP contribution in [0.3, 0.4) is 0 Å². The van der Waals surface area contributed by atoms with Gasteiger partial charge in [0, 0.05) is 6.07 Å². The zero-order valence-corrected chi connectivity index (χ0v) is 15.6. The molecule has 2 aromatic rings. The van der Waals surface area contributed by atoms with E-state index in [2.05, 4.69) is 0 Å². The molecule has 0 fully saturated rings. The quantitative estimate of drug-likeness (QED) is 0.453. The van der Waals surface area contributed by atoms with Gasteiger partial charge in [0.2, 0.25) is 0 Å². The second-order valence-corrected chi connectivity index (χ2v) is 5.98. The summed E-state index contributed by atoms with van der Waals surface area (Å²) in [6.07, 6.45) is -4.98. The molecule has 0 saturated carbocycles. The Morgan fingerprint density at radius 3 is 2.46 bits per heavy atom. The van der Waals surface area contributed by atoms with Crippen molar-refractivity contribution < 1.29 is 37.0 Å². The molecule has 0 aliphatic carbocycles. The zero-order valence-electron chi connectivity index (χ0n) is 14.9. The van der Waals surface area contributed by atoms with Gasteiger partial charge in [-0.1, -0.05) is 11.6 Å². The zero-order chi connectivity index (χ0) is 20.9. The molecular formula is C19H16ClF3O5. The highest BCUT2D eigenvalue weighted by atomic mass is 35.5. The van der Waals surface area contributed by atoms with Crippen molar-refractivity contribution in [2.45, 2.75) is 26.1 Å². The van der Waals surface area contributed by atoms with E-state index in [0.717, 1.165) is 18.2 Å². The standard InChI is InChI=1S/C19H16ClF3O5/c1-3-26-18(25)11(2)27-17-9-14(6-4-12(17)10-24)28-16-7-5-13(8-15(16)20)19(21,22)23/h4-11H,3H2,1-2H3. The number of carbonyl (C=O) groups is 2. The number of aldehydes is 1. The summed E-state index contributed by atoms with van der Waals surface area (Å²) >= 11 is 5.87. The molecule has 5 nitrogen and oxygen atoms in total. The lowest BCUT2D eigenvalue weighted by atomic mass is 10.2. The molecule has 28 heavy (non-hydrogen) atoms. The van der Waals surface area contributed by atoms with E-state index >= 15 is 0 Å². The van der Waals surface area contributed by atoms with Crippen molar-refractivity contribution in [1.82, 2.24) is 0 Å². The highest BCUT2D eigenvalue weighted by molar-refractivity contribution is 6.32. The van der Waals surface area contributed by atoms with E-state index in [1.54, 1.807) is 6.92 Å². The molecule has 0 aliphatic heterocycles. The molecule has 0 saturated heterocycles. The van der Waals surface area contributed by atoms with Crippen LogP contribution in [0.1, 0.15) is 29.8 Å². The Morgan fingerprint density at radius 2 is 1.89 bits per heavy atom. The molecular weight excluding hydrogens is 401 g/mol. The second kappa shape index (κ2) is 8.97. The fourth-order valence-electron chi connectivity index (χ4n) is 2.16. The molecule has 2 rings (SSSR count). The Hall–Kier alpha value is -2.74. The number of hydrogen-bond acceptors (Lipinski definition) is 5. The van der Waals surface area contributed by atoms with Gasteiger partial charge in [0.25, 0.3) is 0 Å². The minimum Gasteiger partial charge on any atom is -0.478 e. The van der Waals surface area contributed by atoms with Crippen molar-refractivity contribution in [3.8, 4) is 17.2 Å². The molecule has 9 heteroatoms. The summed E-state index contributed by atoms with van der Waals surface area (Å²) in [5.41, 5.74) is -0.754. The van der Waals surface area contributed by atoms with Gasteiger partial charge in [-0.2, -0.15) is 13.2 Å². The molecule has 0 aliphatic rings. The van der Waals surface area contributed by atoms with Gasteiger partial charge in [-0.25, -0.2) is 4.79 Å². The lowest BCUT2D eigenvalue weighted by Crippen LogP contribution is -2.26. The minimum absolute atomic E-state index is 0.0158. The van der Waals surface area contributed by atoms with Crippen molar-refractivity contribution in [3.05, 3.63) is 52.5 Å². The van der Waals surface area contributed by atoms with Crippen molar-refractivity contribution >= 4 is 23.9 Å². The lowest BCUT2D eigenvalue weighted by Gasteiger charge is -2.16. The fourth-order valence-corrected chi connectivity index (χ4v) is 2.38. The molecule has 0 spiro atoms. The van der Waals surface area contributed by atoms with Gasteiger partial charge in [-0.05, 0) is 44.2 Å². The molecule has 0 bridgehead atoms. The largest absolute Gasteiger partial charge is 0.478 e. The third-order valence-electron chi connectivity index (χ3n) is 3.52. The highest BCUT2D eigenvalue weighted by Crippen LogP contribution is 2.37. The molecule has 1 atom stereocenters. The fraction of sp³-hybridized carbons (Fsp3) is 0.263. The summed E-state index contributed by atoms with van der Waals surface area (Å²) < 4.78 is 53.9. The van der Waals surface area contributed by atoms with Crippen LogP contribution in [0.2, 0.25) is 5.02 Å². The summed E-state index contributed by atoms with van der Waals surface area (Å²) in [6, 6.07) is 6.79. The molecule has 2 aromatic carbocycles. The Morgan fingerprint density at radius 1 is 1.18 bits per heavy atom. The third kappa shape index (κ3) is 5.39. The van der Waals surface area contributed by atoms with Gasteiger partial charge in [0.15, 0.2) is 12.4 Å². The van der Waals surface area contributed by atoms with Crippen molar-refractivity contribution in [2.24, 2.45) is 0 Å². The van der Waals surface area contributed by atoms with E-state index in [0.29, 0.717) is 6.29 Å². The molecule has 1 unspecified atom stereocenters. The Balaban J connectivity index is 2.25. The summed E-state index contributed by atoms with van der Waals surface area (Å²) in [4.78, 5) is 22.9. The van der Waals surface area contributed by atoms with Crippen molar-refractivity contribution in [2.75, 3.05) is 6.61 Å². The Bertz CT molecular complexity index is 867. The van der Waals surface area contributed by atoms with Crippen LogP contribution in [0, 0.1) is 0 Å². The first-order chi connectivity index (χ1) is 13.2. The Kier molecular flexibility index (Phi) is 6.90. The monoisotopic (exact) mass is 416 g/mol. The summed E-state index contributed by atoms with van der Waals surface area (Å²) in [6.45, 7) is 3.26. The number of rotatable bonds is 7. The van der Waals surface area contributed by atoms with E-state index in [9.17, 15) is 22.8 Å². The predicted molar refractivity (Wildman–Crippen MR) is 95.1 cm³/mol. The normalized spacial score (nSPS) is 12.2. The molecule has 0 N–H and O–H groups in total. The highest BCUT2D eigenvalue weighted by Gasteiger charge is 2.31. The predicted octanol–water partition coefficient (Wildman–Crippen LogP) is 5.29. The smallest absolute Gasteiger partial charge is 0.416 e. The summed E-state index contributed by atoms with van der Waals surface area (Å²) in [7, 11) is 0. The van der Waals surface area contributed by atoms with E-state index in [4.69, 9.17) is 25.8 Å². The van der Waals surface area contributed by atoms with Crippen molar-refractivity contribution in [3.63, 3.8) is 0 Å². The van der Waals surface area contributed by atoms with Crippen LogP contribution in [-0.2, 0) is 15.7 Å². The molecule has 0 heterocycles. The average molecular weight is 417 g/mol. The number of esters is 1. The molecule has 0 amide bonds. The van der Waals surface area contributed by atoms with E-state index in [1.165, 1.54) is 25.1 Å². The van der Waals surface area contributed by atoms with Crippen LogP contribution in [0.15, 0.2) is 36.4 Å². The molecule has 150 valence electrons. The van der Waals surface area contributed by atoms with E-state index < -0.39 is 23.8 Å². The Labute approximate surface area is 164 Å². The first kappa shape index (κ1) is 21.6. The number of carbonyl (C=O) groups excluding carboxylic acids is 2. The van der Waals surface area contributed by atoms with E-state index in [-0.39, 0.29) is 34.4 Å². The van der Waals surface area contributed by atoms with Crippen LogP contribution in [0.25, 0.3) is 0 Å². The average Bonchev–Trinajstić information content (AvgIpc) is 2.63. The molecule has 0 radical (unpaired) electrons. The maximum absolute atomic E-state index is 12.7. The number of alkyl halides is 3. The summed E-state index contributed by atoms with van der Waals surface area (Å²) in [5, 5.41) is -0.239. The van der Waals surface area contributed by atoms with Crippen LogP contribution in [-0.4, -0.2) is 25.0 Å². The van der Waals surface area contributed by atoms with Gasteiger partial charge in [-0.3, -0.25) is 4.79 Å².